The second-order valence-corrected chi connectivity index (χ2v) is 4.23. The first kappa shape index (κ1) is 7.60. The van der Waals surface area contributed by atoms with Gasteiger partial charge in [0.25, 0.3) is 0 Å². The van der Waals surface area contributed by atoms with Crippen LogP contribution in [0.15, 0.2) is 0 Å². The van der Waals surface area contributed by atoms with Gasteiger partial charge in [-0.25, -0.2) is 0 Å². The Morgan fingerprint density at radius 3 is 2.64 bits per heavy atom. The lowest BCUT2D eigenvalue weighted by atomic mass is 9.78. The van der Waals surface area contributed by atoms with Gasteiger partial charge in [-0.2, -0.15) is 0 Å². The molecule has 1 nitrogen and oxygen atoms in total. The van der Waals surface area contributed by atoms with Crippen molar-refractivity contribution >= 4 is 0 Å². The van der Waals surface area contributed by atoms with Crippen molar-refractivity contribution in [1.29, 1.82) is 0 Å². The van der Waals surface area contributed by atoms with Gasteiger partial charge in [0, 0.05) is 6.61 Å². The Morgan fingerprint density at radius 2 is 1.82 bits per heavy atom. The van der Waals surface area contributed by atoms with Crippen LogP contribution < -0.4 is 0 Å². The Kier molecular flexibility index (Phi) is 2.17. The molecule has 1 heteroatoms. The quantitative estimate of drug-likeness (QED) is 0.614. The molecule has 64 valence electrons. The van der Waals surface area contributed by atoms with Crippen molar-refractivity contribution in [3.63, 3.8) is 0 Å². The molecule has 0 amide bonds. The predicted octanol–water partition coefficient (Wildman–Crippen LogP) is 2.20. The Morgan fingerprint density at radius 1 is 1.00 bits per heavy atom. The lowest BCUT2D eigenvalue weighted by Gasteiger charge is -2.28. The summed E-state index contributed by atoms with van der Waals surface area (Å²) in [4.78, 5) is 0. The zero-order valence-corrected chi connectivity index (χ0v) is 7.13. The van der Waals surface area contributed by atoms with E-state index in [-0.39, 0.29) is 0 Å². The smallest absolute Gasteiger partial charge is 0.0462 e. The van der Waals surface area contributed by atoms with Gasteiger partial charge < -0.3 is 5.11 Å². The Bertz CT molecular complexity index is 127. The SMILES string of the molecule is OC[C@H]1CC[C@H]2CCCC[C@H]21. The molecule has 2 saturated carbocycles. The molecule has 11 heavy (non-hydrogen) atoms. The molecule has 0 radical (unpaired) electrons. The molecular formula is C10H18O. The molecule has 0 aromatic rings. The van der Waals surface area contributed by atoms with Crippen molar-refractivity contribution in [2.75, 3.05) is 6.61 Å². The molecule has 0 heterocycles. The van der Waals surface area contributed by atoms with E-state index in [1.54, 1.807) is 0 Å². The van der Waals surface area contributed by atoms with Crippen LogP contribution in [0.3, 0.4) is 0 Å². The van der Waals surface area contributed by atoms with Crippen molar-refractivity contribution in [3.05, 3.63) is 0 Å². The molecule has 0 unspecified atom stereocenters. The van der Waals surface area contributed by atoms with Gasteiger partial charge in [0.2, 0.25) is 0 Å². The minimum atomic E-state index is 0.446. The largest absolute Gasteiger partial charge is 0.396 e. The summed E-state index contributed by atoms with van der Waals surface area (Å²) in [5, 5.41) is 9.10. The number of aliphatic hydroxyl groups excluding tert-OH is 1. The minimum absolute atomic E-state index is 0.446. The number of hydrogen-bond donors (Lipinski definition) is 1. The highest BCUT2D eigenvalue weighted by Crippen LogP contribution is 2.45. The van der Waals surface area contributed by atoms with E-state index in [9.17, 15) is 0 Å². The van der Waals surface area contributed by atoms with E-state index in [1.807, 2.05) is 0 Å². The van der Waals surface area contributed by atoms with Crippen LogP contribution in [0.5, 0.6) is 0 Å². The average Bonchev–Trinajstić information content (AvgIpc) is 2.47. The number of rotatable bonds is 1. The molecule has 2 aliphatic carbocycles. The summed E-state index contributed by atoms with van der Waals surface area (Å²) >= 11 is 0. The molecule has 0 aliphatic heterocycles. The summed E-state index contributed by atoms with van der Waals surface area (Å²) in [6, 6.07) is 0. The van der Waals surface area contributed by atoms with Crippen molar-refractivity contribution in [1.82, 2.24) is 0 Å². The molecule has 1 N–H and O–H groups in total. The third-order valence-corrected chi connectivity index (χ3v) is 3.72. The lowest BCUT2D eigenvalue weighted by Crippen LogP contribution is -2.21. The summed E-state index contributed by atoms with van der Waals surface area (Å²) in [5.74, 6) is 2.55. The van der Waals surface area contributed by atoms with E-state index in [0.717, 1.165) is 11.8 Å². The van der Waals surface area contributed by atoms with Gasteiger partial charge in [-0.15, -0.1) is 0 Å². The van der Waals surface area contributed by atoms with Crippen LogP contribution in [0.1, 0.15) is 38.5 Å². The van der Waals surface area contributed by atoms with E-state index in [4.69, 9.17) is 5.11 Å². The number of aliphatic hydroxyl groups is 1. The molecule has 0 bridgehead atoms. The van der Waals surface area contributed by atoms with E-state index in [0.29, 0.717) is 12.5 Å². The Balaban J connectivity index is 1.98. The van der Waals surface area contributed by atoms with Gasteiger partial charge in [0.05, 0.1) is 0 Å². The Hall–Kier alpha value is -0.0400. The summed E-state index contributed by atoms with van der Waals surface area (Å²) in [7, 11) is 0. The average molecular weight is 154 g/mol. The highest BCUT2D eigenvalue weighted by molar-refractivity contribution is 4.86. The topological polar surface area (TPSA) is 20.2 Å². The van der Waals surface area contributed by atoms with E-state index < -0.39 is 0 Å². The van der Waals surface area contributed by atoms with Crippen LogP contribution in [-0.4, -0.2) is 11.7 Å². The number of fused-ring (bicyclic) bond motifs is 1. The van der Waals surface area contributed by atoms with E-state index in [1.165, 1.54) is 38.5 Å². The lowest BCUT2D eigenvalue weighted by molar-refractivity contribution is 0.152. The summed E-state index contributed by atoms with van der Waals surface area (Å²) < 4.78 is 0. The highest BCUT2D eigenvalue weighted by Gasteiger charge is 2.36. The number of hydrogen-bond acceptors (Lipinski definition) is 1. The van der Waals surface area contributed by atoms with Gasteiger partial charge in [-0.3, -0.25) is 0 Å². The molecule has 0 saturated heterocycles. The fourth-order valence-electron chi connectivity index (χ4n) is 3.08. The van der Waals surface area contributed by atoms with Gasteiger partial charge in [-0.1, -0.05) is 19.3 Å². The van der Waals surface area contributed by atoms with Crippen LogP contribution in [0.25, 0.3) is 0 Å². The molecule has 3 atom stereocenters. The second kappa shape index (κ2) is 3.14. The summed E-state index contributed by atoms with van der Waals surface area (Å²) in [6.45, 7) is 0.446. The molecule has 0 aromatic carbocycles. The third kappa shape index (κ3) is 1.31. The normalized spacial score (nSPS) is 43.9. The van der Waals surface area contributed by atoms with E-state index >= 15 is 0 Å². The van der Waals surface area contributed by atoms with Crippen LogP contribution in [0, 0.1) is 17.8 Å². The van der Waals surface area contributed by atoms with Crippen LogP contribution >= 0.6 is 0 Å². The van der Waals surface area contributed by atoms with Crippen molar-refractivity contribution in [3.8, 4) is 0 Å². The summed E-state index contributed by atoms with van der Waals surface area (Å²) in [5.41, 5.74) is 0. The van der Waals surface area contributed by atoms with Gasteiger partial charge in [0.1, 0.15) is 0 Å². The first-order valence-corrected chi connectivity index (χ1v) is 5.02. The van der Waals surface area contributed by atoms with Crippen LogP contribution in [-0.2, 0) is 0 Å². The van der Waals surface area contributed by atoms with Crippen molar-refractivity contribution in [2.45, 2.75) is 38.5 Å². The Labute approximate surface area is 68.8 Å². The summed E-state index contributed by atoms with van der Waals surface area (Å²) in [6.07, 6.45) is 8.40. The molecular weight excluding hydrogens is 136 g/mol. The fraction of sp³-hybridized carbons (Fsp3) is 1.00. The zero-order chi connectivity index (χ0) is 7.68. The minimum Gasteiger partial charge on any atom is -0.396 e. The molecule has 0 spiro atoms. The molecule has 0 aromatic heterocycles. The monoisotopic (exact) mass is 154 g/mol. The van der Waals surface area contributed by atoms with Crippen molar-refractivity contribution < 1.29 is 5.11 Å². The second-order valence-electron chi connectivity index (χ2n) is 4.23. The van der Waals surface area contributed by atoms with Gasteiger partial charge >= 0.3 is 0 Å². The van der Waals surface area contributed by atoms with Gasteiger partial charge in [-0.05, 0) is 37.0 Å². The maximum atomic E-state index is 9.10. The van der Waals surface area contributed by atoms with Crippen molar-refractivity contribution in [2.24, 2.45) is 17.8 Å². The van der Waals surface area contributed by atoms with E-state index in [2.05, 4.69) is 0 Å². The standard InChI is InChI=1S/C10H18O/c11-7-9-6-5-8-3-1-2-4-10(8)9/h8-11H,1-7H2/t8-,9-,10-/m1/s1. The molecule has 2 fully saturated rings. The molecule has 2 aliphatic rings. The first-order valence-electron chi connectivity index (χ1n) is 5.02. The third-order valence-electron chi connectivity index (χ3n) is 3.72. The molecule has 2 rings (SSSR count). The first-order chi connectivity index (χ1) is 5.42. The van der Waals surface area contributed by atoms with Crippen LogP contribution in [0.4, 0.5) is 0 Å². The highest BCUT2D eigenvalue weighted by atomic mass is 16.3. The van der Waals surface area contributed by atoms with Gasteiger partial charge in [0.15, 0.2) is 0 Å². The maximum absolute atomic E-state index is 9.10. The maximum Gasteiger partial charge on any atom is 0.0462 e. The van der Waals surface area contributed by atoms with Crippen LogP contribution in [0.2, 0.25) is 0 Å². The predicted molar refractivity (Wildman–Crippen MR) is 45.3 cm³/mol. The fourth-order valence-corrected chi connectivity index (χ4v) is 3.08. The zero-order valence-electron chi connectivity index (χ0n) is 7.13.